The van der Waals surface area contributed by atoms with E-state index in [1.165, 1.54) is 0 Å². The molecule has 1 N–H and O–H groups in total. The maximum atomic E-state index is 4.12. The highest BCUT2D eigenvalue weighted by Gasteiger charge is 1.89. The molecule has 2 rings (SSSR count). The molecule has 0 saturated carbocycles. The van der Waals surface area contributed by atoms with Gasteiger partial charge in [-0.3, -0.25) is 10.4 Å². The zero-order valence-electron chi connectivity index (χ0n) is 8.47. The van der Waals surface area contributed by atoms with Gasteiger partial charge in [-0.2, -0.15) is 5.10 Å². The number of nitrogens with one attached hydrogen (secondary N) is 1. The molecular formula is C12H10BrN3. The molecule has 16 heavy (non-hydrogen) atoms. The molecule has 4 heteroatoms. The summed E-state index contributed by atoms with van der Waals surface area (Å²) in [6.45, 7) is 0. The van der Waals surface area contributed by atoms with Crippen LogP contribution in [0.15, 0.2) is 58.4 Å². The molecule has 1 heterocycles. The first-order valence-corrected chi connectivity index (χ1v) is 5.58. The van der Waals surface area contributed by atoms with Crippen LogP contribution < -0.4 is 5.43 Å². The predicted molar refractivity (Wildman–Crippen MR) is 69.6 cm³/mol. The van der Waals surface area contributed by atoms with Crippen LogP contribution in [0.2, 0.25) is 0 Å². The fourth-order valence-corrected chi connectivity index (χ4v) is 1.42. The predicted octanol–water partition coefficient (Wildman–Crippen LogP) is 3.29. The molecule has 2 aromatic rings. The van der Waals surface area contributed by atoms with Crippen LogP contribution in [0, 0.1) is 0 Å². The summed E-state index contributed by atoms with van der Waals surface area (Å²) in [5.74, 6) is 0. The van der Waals surface area contributed by atoms with E-state index in [9.17, 15) is 0 Å². The number of nitrogens with zero attached hydrogens (tertiary/aromatic N) is 2. The molecule has 0 saturated heterocycles. The highest BCUT2D eigenvalue weighted by molar-refractivity contribution is 9.10. The third kappa shape index (κ3) is 3.17. The first kappa shape index (κ1) is 10.8. The largest absolute Gasteiger partial charge is 0.279 e. The Balaban J connectivity index is 1.97. The average molecular weight is 276 g/mol. The Morgan fingerprint density at radius 1 is 1.06 bits per heavy atom. The molecule has 0 aliphatic rings. The van der Waals surface area contributed by atoms with E-state index in [4.69, 9.17) is 0 Å². The Hall–Kier alpha value is -1.68. The lowest BCUT2D eigenvalue weighted by molar-refractivity contribution is 1.31. The molecule has 0 aliphatic heterocycles. The fourth-order valence-electron chi connectivity index (χ4n) is 1.16. The van der Waals surface area contributed by atoms with Crippen molar-refractivity contribution < 1.29 is 0 Å². The maximum Gasteiger partial charge on any atom is 0.0562 e. The lowest BCUT2D eigenvalue weighted by Gasteiger charge is -1.99. The van der Waals surface area contributed by atoms with Crippen LogP contribution in [-0.2, 0) is 0 Å². The van der Waals surface area contributed by atoms with Crippen LogP contribution in [-0.4, -0.2) is 11.2 Å². The Bertz CT molecular complexity index is 465. The van der Waals surface area contributed by atoms with Crippen molar-refractivity contribution >= 4 is 27.8 Å². The molecule has 1 aromatic heterocycles. The topological polar surface area (TPSA) is 37.3 Å². The van der Waals surface area contributed by atoms with E-state index in [0.29, 0.717) is 0 Å². The van der Waals surface area contributed by atoms with Crippen molar-refractivity contribution in [3.63, 3.8) is 0 Å². The SMILES string of the molecule is Brc1ccc(N/N=C/c2ccncc2)cc1. The summed E-state index contributed by atoms with van der Waals surface area (Å²) in [7, 11) is 0. The van der Waals surface area contributed by atoms with Crippen molar-refractivity contribution in [3.05, 3.63) is 58.8 Å². The average Bonchev–Trinajstić information content (AvgIpc) is 2.33. The van der Waals surface area contributed by atoms with Crippen LogP contribution in [0.1, 0.15) is 5.56 Å². The van der Waals surface area contributed by atoms with Crippen molar-refractivity contribution in [2.45, 2.75) is 0 Å². The molecule has 80 valence electrons. The molecule has 0 bridgehead atoms. The van der Waals surface area contributed by atoms with Crippen LogP contribution in [0.5, 0.6) is 0 Å². The number of halogens is 1. The standard InChI is InChI=1S/C12H10BrN3/c13-11-1-3-12(4-2-11)16-15-9-10-5-7-14-8-6-10/h1-9,16H/b15-9+. The molecule has 0 atom stereocenters. The second-order valence-electron chi connectivity index (χ2n) is 3.16. The molecule has 0 aliphatic carbocycles. The van der Waals surface area contributed by atoms with E-state index in [-0.39, 0.29) is 0 Å². The molecule has 0 spiro atoms. The third-order valence-corrected chi connectivity index (χ3v) is 2.49. The van der Waals surface area contributed by atoms with Crippen molar-refractivity contribution in [1.82, 2.24) is 4.98 Å². The van der Waals surface area contributed by atoms with Gasteiger partial charge in [-0.15, -0.1) is 0 Å². The molecule has 0 amide bonds. The minimum Gasteiger partial charge on any atom is -0.279 e. The van der Waals surface area contributed by atoms with Crippen LogP contribution >= 0.6 is 15.9 Å². The van der Waals surface area contributed by atoms with Gasteiger partial charge in [0.15, 0.2) is 0 Å². The molecule has 1 aromatic carbocycles. The lowest BCUT2D eigenvalue weighted by atomic mass is 10.3. The summed E-state index contributed by atoms with van der Waals surface area (Å²) in [6.07, 6.45) is 5.23. The minimum absolute atomic E-state index is 0.952. The smallest absolute Gasteiger partial charge is 0.0562 e. The zero-order chi connectivity index (χ0) is 11.2. The van der Waals surface area contributed by atoms with Gasteiger partial charge in [0.2, 0.25) is 0 Å². The summed E-state index contributed by atoms with van der Waals surface area (Å²) >= 11 is 3.38. The van der Waals surface area contributed by atoms with Gasteiger partial charge in [-0.1, -0.05) is 15.9 Å². The maximum absolute atomic E-state index is 4.12. The Labute approximate surface area is 102 Å². The van der Waals surface area contributed by atoms with E-state index in [1.54, 1.807) is 18.6 Å². The third-order valence-electron chi connectivity index (χ3n) is 1.96. The number of hydrogen-bond donors (Lipinski definition) is 1. The minimum atomic E-state index is 0.952. The van der Waals surface area contributed by atoms with Crippen LogP contribution in [0.3, 0.4) is 0 Å². The summed E-state index contributed by atoms with van der Waals surface area (Å²) < 4.78 is 1.05. The normalized spacial score (nSPS) is 10.6. The van der Waals surface area contributed by atoms with Gasteiger partial charge < -0.3 is 0 Å². The van der Waals surface area contributed by atoms with Crippen molar-refractivity contribution in [2.24, 2.45) is 5.10 Å². The second-order valence-corrected chi connectivity index (χ2v) is 4.07. The number of anilines is 1. The van der Waals surface area contributed by atoms with Crippen LogP contribution in [0.4, 0.5) is 5.69 Å². The first-order chi connectivity index (χ1) is 7.84. The van der Waals surface area contributed by atoms with E-state index < -0.39 is 0 Å². The molecule has 0 unspecified atom stereocenters. The van der Waals surface area contributed by atoms with E-state index in [1.807, 2.05) is 36.4 Å². The van der Waals surface area contributed by atoms with Gasteiger partial charge in [-0.25, -0.2) is 0 Å². The highest BCUT2D eigenvalue weighted by Crippen LogP contribution is 2.13. The zero-order valence-corrected chi connectivity index (χ0v) is 10.1. The summed E-state index contributed by atoms with van der Waals surface area (Å²) in [5.41, 5.74) is 4.91. The Morgan fingerprint density at radius 2 is 1.75 bits per heavy atom. The number of aromatic nitrogens is 1. The molecular weight excluding hydrogens is 266 g/mol. The summed E-state index contributed by atoms with van der Waals surface area (Å²) in [5, 5.41) is 4.12. The number of pyridine rings is 1. The van der Waals surface area contributed by atoms with Crippen molar-refractivity contribution in [3.8, 4) is 0 Å². The lowest BCUT2D eigenvalue weighted by Crippen LogP contribution is -1.90. The highest BCUT2D eigenvalue weighted by atomic mass is 79.9. The number of hydrazone groups is 1. The number of rotatable bonds is 3. The van der Waals surface area contributed by atoms with Gasteiger partial charge >= 0.3 is 0 Å². The second kappa shape index (κ2) is 5.42. The van der Waals surface area contributed by atoms with Gasteiger partial charge in [0.1, 0.15) is 0 Å². The van der Waals surface area contributed by atoms with Gasteiger partial charge in [0.25, 0.3) is 0 Å². The van der Waals surface area contributed by atoms with E-state index in [0.717, 1.165) is 15.7 Å². The van der Waals surface area contributed by atoms with Gasteiger partial charge in [-0.05, 0) is 42.0 Å². The Morgan fingerprint density at radius 3 is 2.44 bits per heavy atom. The number of benzene rings is 1. The molecule has 0 fully saturated rings. The summed E-state index contributed by atoms with van der Waals surface area (Å²) in [6, 6.07) is 11.6. The molecule has 3 nitrogen and oxygen atoms in total. The van der Waals surface area contributed by atoms with E-state index in [2.05, 4.69) is 31.4 Å². The summed E-state index contributed by atoms with van der Waals surface area (Å²) in [4.78, 5) is 3.93. The van der Waals surface area contributed by atoms with Crippen molar-refractivity contribution in [1.29, 1.82) is 0 Å². The Kier molecular flexibility index (Phi) is 3.66. The quantitative estimate of drug-likeness (QED) is 0.690. The fraction of sp³-hybridized carbons (Fsp3) is 0. The van der Waals surface area contributed by atoms with Crippen LogP contribution in [0.25, 0.3) is 0 Å². The van der Waals surface area contributed by atoms with Gasteiger partial charge in [0, 0.05) is 16.9 Å². The monoisotopic (exact) mass is 275 g/mol. The van der Waals surface area contributed by atoms with Gasteiger partial charge in [0.05, 0.1) is 11.9 Å². The molecule has 0 radical (unpaired) electrons. The van der Waals surface area contributed by atoms with Crippen molar-refractivity contribution in [2.75, 3.05) is 5.43 Å². The van der Waals surface area contributed by atoms with E-state index >= 15 is 0 Å². The number of hydrogen-bond acceptors (Lipinski definition) is 3. The first-order valence-electron chi connectivity index (χ1n) is 4.79.